The van der Waals surface area contributed by atoms with E-state index < -0.39 is 5.91 Å². The van der Waals surface area contributed by atoms with Crippen molar-refractivity contribution in [2.75, 3.05) is 13.1 Å². The number of hydrogen-bond donors (Lipinski definition) is 2. The number of likely N-dealkylation sites (tertiary alicyclic amines) is 1. The fraction of sp³-hybridized carbons (Fsp3) is 0.294. The smallest absolute Gasteiger partial charge is 0.267 e. The maximum Gasteiger partial charge on any atom is 0.267 e. The fourth-order valence-corrected chi connectivity index (χ4v) is 2.79. The van der Waals surface area contributed by atoms with Crippen molar-refractivity contribution in [2.45, 2.75) is 18.9 Å². The fourth-order valence-electron chi connectivity index (χ4n) is 2.79. The number of pyridine rings is 2. The number of rotatable bonds is 4. The summed E-state index contributed by atoms with van der Waals surface area (Å²) in [6.45, 7) is 1.01. The minimum Gasteiger partial charge on any atom is -0.488 e. The zero-order chi connectivity index (χ0) is 17.8. The van der Waals surface area contributed by atoms with E-state index in [0.29, 0.717) is 24.4 Å². The largest absolute Gasteiger partial charge is 0.488 e. The summed E-state index contributed by atoms with van der Waals surface area (Å²) in [4.78, 5) is 43.1. The highest BCUT2D eigenvalue weighted by atomic mass is 16.5. The van der Waals surface area contributed by atoms with Crippen LogP contribution in [0.2, 0.25) is 0 Å². The van der Waals surface area contributed by atoms with Crippen LogP contribution in [-0.4, -0.2) is 45.9 Å². The minimum absolute atomic E-state index is 0.129. The van der Waals surface area contributed by atoms with Gasteiger partial charge in [0, 0.05) is 36.6 Å². The van der Waals surface area contributed by atoms with E-state index in [1.165, 1.54) is 24.5 Å². The number of amides is 2. The molecule has 1 fully saturated rings. The van der Waals surface area contributed by atoms with Gasteiger partial charge < -0.3 is 20.4 Å². The second kappa shape index (κ2) is 7.16. The molecule has 8 nitrogen and oxygen atoms in total. The first-order valence-electron chi connectivity index (χ1n) is 7.93. The highest BCUT2D eigenvalue weighted by Crippen LogP contribution is 2.20. The summed E-state index contributed by atoms with van der Waals surface area (Å²) in [7, 11) is 0. The van der Waals surface area contributed by atoms with Gasteiger partial charge in [0.25, 0.3) is 11.8 Å². The predicted octanol–water partition coefficient (Wildman–Crippen LogP) is 0.552. The zero-order valence-corrected chi connectivity index (χ0v) is 13.5. The monoisotopic (exact) mass is 342 g/mol. The first-order chi connectivity index (χ1) is 12.0. The number of hydrogen-bond acceptors (Lipinski definition) is 5. The standard InChI is InChI=1S/C17H18N4O4/c18-16(23)14-9-12(4-6-19-14)25-13-2-1-7-21(10-13)17(24)11-3-5-20-15(22)8-11/h3-6,8-9,13H,1-2,7,10H2,(H2,18,23)(H,20,22). The van der Waals surface area contributed by atoms with Crippen molar-refractivity contribution in [1.82, 2.24) is 14.9 Å². The highest BCUT2D eigenvalue weighted by Gasteiger charge is 2.26. The molecule has 0 bridgehead atoms. The second-order valence-electron chi connectivity index (χ2n) is 5.82. The molecule has 0 aliphatic carbocycles. The normalized spacial score (nSPS) is 17.1. The van der Waals surface area contributed by atoms with Gasteiger partial charge in [0.05, 0.1) is 6.54 Å². The van der Waals surface area contributed by atoms with Crippen LogP contribution < -0.4 is 16.0 Å². The summed E-state index contributed by atoms with van der Waals surface area (Å²) in [5, 5.41) is 0. The number of aromatic amines is 1. The van der Waals surface area contributed by atoms with E-state index >= 15 is 0 Å². The molecule has 3 N–H and O–H groups in total. The lowest BCUT2D eigenvalue weighted by atomic mass is 10.1. The molecule has 1 atom stereocenters. The molecule has 25 heavy (non-hydrogen) atoms. The van der Waals surface area contributed by atoms with E-state index in [4.69, 9.17) is 10.5 Å². The van der Waals surface area contributed by atoms with Crippen LogP contribution in [0, 0.1) is 0 Å². The van der Waals surface area contributed by atoms with Crippen LogP contribution in [0.3, 0.4) is 0 Å². The van der Waals surface area contributed by atoms with Crippen molar-refractivity contribution in [1.29, 1.82) is 0 Å². The van der Waals surface area contributed by atoms with Gasteiger partial charge in [0.2, 0.25) is 5.56 Å². The topological polar surface area (TPSA) is 118 Å². The first-order valence-corrected chi connectivity index (χ1v) is 7.93. The van der Waals surface area contributed by atoms with Gasteiger partial charge >= 0.3 is 0 Å². The first kappa shape index (κ1) is 16.7. The molecule has 0 spiro atoms. The van der Waals surface area contributed by atoms with Crippen molar-refractivity contribution in [3.63, 3.8) is 0 Å². The molecule has 1 unspecified atom stereocenters. The van der Waals surface area contributed by atoms with Gasteiger partial charge in [-0.3, -0.25) is 19.4 Å². The number of primary amides is 1. The van der Waals surface area contributed by atoms with Crippen LogP contribution in [0.4, 0.5) is 0 Å². The Morgan fingerprint density at radius 1 is 1.32 bits per heavy atom. The number of nitrogens with one attached hydrogen (secondary N) is 1. The van der Waals surface area contributed by atoms with Gasteiger partial charge in [-0.25, -0.2) is 0 Å². The van der Waals surface area contributed by atoms with Gasteiger partial charge in [-0.05, 0) is 25.0 Å². The van der Waals surface area contributed by atoms with E-state index in [-0.39, 0.29) is 23.3 Å². The Kier molecular flexibility index (Phi) is 4.78. The van der Waals surface area contributed by atoms with Gasteiger partial charge in [0.1, 0.15) is 17.5 Å². The Labute approximate surface area is 143 Å². The van der Waals surface area contributed by atoms with Crippen molar-refractivity contribution in [3.8, 4) is 5.75 Å². The van der Waals surface area contributed by atoms with E-state index in [9.17, 15) is 14.4 Å². The molecule has 0 radical (unpaired) electrons. The molecule has 2 aromatic rings. The Morgan fingerprint density at radius 2 is 2.16 bits per heavy atom. The van der Waals surface area contributed by atoms with Crippen molar-refractivity contribution in [3.05, 3.63) is 58.3 Å². The number of nitrogens with two attached hydrogens (primary N) is 1. The molecular formula is C17H18N4O4. The predicted molar refractivity (Wildman–Crippen MR) is 89.4 cm³/mol. The third-order valence-corrected chi connectivity index (χ3v) is 3.97. The lowest BCUT2D eigenvalue weighted by Crippen LogP contribution is -2.44. The highest BCUT2D eigenvalue weighted by molar-refractivity contribution is 5.94. The Balaban J connectivity index is 1.69. The molecule has 130 valence electrons. The SMILES string of the molecule is NC(=O)c1cc(OC2CCCN(C(=O)c3cc[nH]c(=O)c3)C2)ccn1. The van der Waals surface area contributed by atoms with Crippen LogP contribution in [-0.2, 0) is 0 Å². The lowest BCUT2D eigenvalue weighted by molar-refractivity contribution is 0.0537. The summed E-state index contributed by atoms with van der Waals surface area (Å²) in [6.07, 6.45) is 4.27. The summed E-state index contributed by atoms with van der Waals surface area (Å²) >= 11 is 0. The maximum atomic E-state index is 12.5. The third kappa shape index (κ3) is 4.03. The van der Waals surface area contributed by atoms with Crippen LogP contribution in [0.1, 0.15) is 33.7 Å². The van der Waals surface area contributed by atoms with Crippen molar-refractivity contribution in [2.24, 2.45) is 5.73 Å². The molecule has 1 saturated heterocycles. The van der Waals surface area contributed by atoms with Gasteiger partial charge in [-0.15, -0.1) is 0 Å². The average molecular weight is 342 g/mol. The molecule has 1 aliphatic rings. The molecule has 2 amide bonds. The quantitative estimate of drug-likeness (QED) is 0.841. The molecule has 0 aromatic carbocycles. The zero-order valence-electron chi connectivity index (χ0n) is 13.5. The number of ether oxygens (including phenoxy) is 1. The summed E-state index contributed by atoms with van der Waals surface area (Å²) in [6, 6.07) is 5.99. The van der Waals surface area contributed by atoms with Gasteiger partial charge in [-0.1, -0.05) is 0 Å². The molecule has 3 rings (SSSR count). The molecule has 0 saturated carbocycles. The summed E-state index contributed by atoms with van der Waals surface area (Å²) < 4.78 is 5.88. The summed E-state index contributed by atoms with van der Waals surface area (Å²) in [5.74, 6) is -0.341. The number of H-pyrrole nitrogens is 1. The maximum absolute atomic E-state index is 12.5. The summed E-state index contributed by atoms with van der Waals surface area (Å²) in [5.41, 5.74) is 5.38. The van der Waals surface area contributed by atoms with Crippen LogP contribution in [0.5, 0.6) is 5.75 Å². The molecule has 3 heterocycles. The van der Waals surface area contributed by atoms with E-state index in [0.717, 1.165) is 12.8 Å². The van der Waals surface area contributed by atoms with E-state index in [1.807, 2.05) is 0 Å². The van der Waals surface area contributed by atoms with Crippen molar-refractivity contribution < 1.29 is 14.3 Å². The number of carbonyl (C=O) groups excluding carboxylic acids is 2. The van der Waals surface area contributed by atoms with Crippen LogP contribution in [0.15, 0.2) is 41.5 Å². The Bertz CT molecular complexity index is 848. The number of carbonyl (C=O) groups is 2. The molecule has 8 heteroatoms. The van der Waals surface area contributed by atoms with E-state index in [2.05, 4.69) is 9.97 Å². The van der Waals surface area contributed by atoms with E-state index in [1.54, 1.807) is 17.0 Å². The van der Waals surface area contributed by atoms with Crippen LogP contribution >= 0.6 is 0 Å². The number of piperidine rings is 1. The average Bonchev–Trinajstić information content (AvgIpc) is 2.61. The number of aromatic nitrogens is 2. The second-order valence-corrected chi connectivity index (χ2v) is 5.82. The molecule has 2 aromatic heterocycles. The third-order valence-electron chi connectivity index (χ3n) is 3.97. The molecule has 1 aliphatic heterocycles. The van der Waals surface area contributed by atoms with Crippen molar-refractivity contribution >= 4 is 11.8 Å². The lowest BCUT2D eigenvalue weighted by Gasteiger charge is -2.33. The van der Waals surface area contributed by atoms with Crippen LogP contribution in [0.25, 0.3) is 0 Å². The Morgan fingerprint density at radius 3 is 2.92 bits per heavy atom. The minimum atomic E-state index is -0.625. The number of nitrogens with zero attached hydrogens (tertiary/aromatic N) is 2. The van der Waals surface area contributed by atoms with Gasteiger partial charge in [-0.2, -0.15) is 0 Å². The molecular weight excluding hydrogens is 324 g/mol. The van der Waals surface area contributed by atoms with Gasteiger partial charge in [0.15, 0.2) is 0 Å². The Hall–Kier alpha value is -3.16.